The molecule has 3 rings (SSSR count). The molecule has 0 unspecified atom stereocenters. The molecule has 0 radical (unpaired) electrons. The van der Waals surface area contributed by atoms with E-state index in [9.17, 15) is 0 Å². The molecule has 0 bridgehead atoms. The van der Waals surface area contributed by atoms with Gasteiger partial charge < -0.3 is 0 Å². The molecule has 0 saturated carbocycles. The molecule has 2 aromatic carbocycles. The van der Waals surface area contributed by atoms with Gasteiger partial charge in [-0.1, -0.05) is 67.9 Å². The van der Waals surface area contributed by atoms with Crippen LogP contribution in [-0.4, -0.2) is 11.3 Å². The Hall–Kier alpha value is -2.37. The number of benzene rings is 2. The van der Waals surface area contributed by atoms with Gasteiger partial charge >= 0.3 is 0 Å². The number of nitrogens with zero attached hydrogens (tertiary/aromatic N) is 1. The standard InChI is InChI=1S/C25H29N/c1-17-13-14-21(18(2)15-17)22(20-11-9-8-10-12-20)16-23-19(3)26-25(6,7)24(23,4)5/h8-15H,1-7H3. The number of rotatable bonds is 2. The lowest BCUT2D eigenvalue weighted by molar-refractivity contribution is 0.284. The number of hydrogen-bond acceptors (Lipinski definition) is 1. The van der Waals surface area contributed by atoms with Crippen LogP contribution >= 0.6 is 0 Å². The Kier molecular flexibility index (Phi) is 4.54. The van der Waals surface area contributed by atoms with E-state index in [2.05, 4.69) is 103 Å². The fourth-order valence-corrected chi connectivity index (χ4v) is 3.74. The van der Waals surface area contributed by atoms with E-state index in [1.807, 2.05) is 0 Å². The highest BCUT2D eigenvalue weighted by Gasteiger charge is 2.45. The van der Waals surface area contributed by atoms with Crippen LogP contribution in [0.5, 0.6) is 0 Å². The second-order valence-corrected chi connectivity index (χ2v) is 8.44. The maximum Gasteiger partial charge on any atom is 0.0653 e. The molecule has 26 heavy (non-hydrogen) atoms. The van der Waals surface area contributed by atoms with Crippen molar-refractivity contribution in [1.29, 1.82) is 0 Å². The van der Waals surface area contributed by atoms with E-state index in [0.29, 0.717) is 0 Å². The van der Waals surface area contributed by atoms with E-state index in [1.165, 1.54) is 27.8 Å². The third kappa shape index (κ3) is 3.08. The molecule has 0 aromatic heterocycles. The van der Waals surface area contributed by atoms with E-state index in [1.54, 1.807) is 0 Å². The largest absolute Gasteiger partial charge is 0.282 e. The summed E-state index contributed by atoms with van der Waals surface area (Å²) in [6.07, 6.45) is 0. The zero-order valence-electron chi connectivity index (χ0n) is 17.1. The second kappa shape index (κ2) is 6.41. The maximum atomic E-state index is 4.94. The van der Waals surface area contributed by atoms with Crippen molar-refractivity contribution in [1.82, 2.24) is 0 Å². The van der Waals surface area contributed by atoms with E-state index < -0.39 is 0 Å². The molecule has 1 heteroatoms. The van der Waals surface area contributed by atoms with Gasteiger partial charge in [0.2, 0.25) is 0 Å². The first-order valence-corrected chi connectivity index (χ1v) is 9.35. The number of hydrogen-bond donors (Lipinski definition) is 0. The van der Waals surface area contributed by atoms with Gasteiger partial charge in [0.25, 0.3) is 0 Å². The molecular formula is C25H29N. The third-order valence-corrected chi connectivity index (χ3v) is 5.93. The first kappa shape index (κ1) is 18.4. The van der Waals surface area contributed by atoms with Crippen molar-refractivity contribution in [3.63, 3.8) is 0 Å². The van der Waals surface area contributed by atoms with Crippen molar-refractivity contribution >= 4 is 11.3 Å². The third-order valence-electron chi connectivity index (χ3n) is 5.93. The summed E-state index contributed by atoms with van der Waals surface area (Å²) in [5.74, 6) is 0. The second-order valence-electron chi connectivity index (χ2n) is 8.44. The monoisotopic (exact) mass is 343 g/mol. The van der Waals surface area contributed by atoms with Crippen LogP contribution < -0.4 is 0 Å². The molecule has 2 aromatic rings. The highest BCUT2D eigenvalue weighted by Crippen LogP contribution is 2.46. The number of aliphatic imine (C=N–C) groups is 1. The Labute approximate surface area is 158 Å². The van der Waals surface area contributed by atoms with Gasteiger partial charge in [-0.3, -0.25) is 4.99 Å². The molecule has 0 saturated heterocycles. The van der Waals surface area contributed by atoms with E-state index >= 15 is 0 Å². The lowest BCUT2D eigenvalue weighted by Crippen LogP contribution is -2.34. The van der Waals surface area contributed by atoms with Crippen LogP contribution in [0.2, 0.25) is 0 Å². The van der Waals surface area contributed by atoms with Crippen LogP contribution in [0.25, 0.3) is 5.57 Å². The first-order chi connectivity index (χ1) is 12.1. The van der Waals surface area contributed by atoms with E-state index in [-0.39, 0.29) is 11.0 Å². The quantitative estimate of drug-likeness (QED) is 0.549. The highest BCUT2D eigenvalue weighted by molar-refractivity contribution is 6.03. The van der Waals surface area contributed by atoms with Crippen molar-refractivity contribution in [2.75, 3.05) is 0 Å². The molecule has 0 atom stereocenters. The van der Waals surface area contributed by atoms with E-state index in [4.69, 9.17) is 4.99 Å². The predicted molar refractivity (Wildman–Crippen MR) is 113 cm³/mol. The molecule has 0 fully saturated rings. The van der Waals surface area contributed by atoms with Crippen molar-refractivity contribution in [3.8, 4) is 0 Å². The Balaban J connectivity index is 2.36. The first-order valence-electron chi connectivity index (χ1n) is 9.35. The minimum atomic E-state index is -0.121. The van der Waals surface area contributed by atoms with Crippen LogP contribution in [0.4, 0.5) is 0 Å². The summed E-state index contributed by atoms with van der Waals surface area (Å²) in [5.41, 5.74) is 12.1. The highest BCUT2D eigenvalue weighted by atomic mass is 14.9. The molecule has 0 amide bonds. The molecule has 1 aliphatic heterocycles. The van der Waals surface area contributed by atoms with Crippen LogP contribution in [-0.2, 0) is 0 Å². The summed E-state index contributed by atoms with van der Waals surface area (Å²) < 4.78 is 0. The molecule has 1 nitrogen and oxygen atoms in total. The van der Waals surface area contributed by atoms with Gasteiger partial charge in [-0.05, 0) is 51.3 Å². The SMILES string of the molecule is CC1=NC(C)(C)C(C)(C)C1=C=C(c1ccccc1)c1ccc(C)cc1C. The average molecular weight is 344 g/mol. The molecule has 0 spiro atoms. The van der Waals surface area contributed by atoms with Gasteiger partial charge in [0.15, 0.2) is 0 Å². The molecular weight excluding hydrogens is 314 g/mol. The molecule has 1 aliphatic rings. The Morgan fingerprint density at radius 1 is 0.885 bits per heavy atom. The Morgan fingerprint density at radius 3 is 2.08 bits per heavy atom. The summed E-state index contributed by atoms with van der Waals surface area (Å²) >= 11 is 0. The fourth-order valence-electron chi connectivity index (χ4n) is 3.74. The lowest BCUT2D eigenvalue weighted by Gasteiger charge is -2.33. The van der Waals surface area contributed by atoms with Gasteiger partial charge in [0.1, 0.15) is 0 Å². The van der Waals surface area contributed by atoms with Gasteiger partial charge in [0, 0.05) is 22.3 Å². The van der Waals surface area contributed by atoms with Crippen molar-refractivity contribution in [2.45, 2.75) is 54.0 Å². The van der Waals surface area contributed by atoms with Crippen LogP contribution in [0.3, 0.4) is 0 Å². The topological polar surface area (TPSA) is 12.4 Å². The van der Waals surface area contributed by atoms with Crippen LogP contribution in [0.1, 0.15) is 56.9 Å². The molecule has 0 N–H and O–H groups in total. The fraction of sp³-hybridized carbons (Fsp3) is 0.360. The summed E-state index contributed by atoms with van der Waals surface area (Å²) in [7, 11) is 0. The van der Waals surface area contributed by atoms with Gasteiger partial charge in [-0.25, -0.2) is 0 Å². The summed E-state index contributed by atoms with van der Waals surface area (Å²) in [4.78, 5) is 4.94. The van der Waals surface area contributed by atoms with Crippen molar-refractivity contribution in [2.24, 2.45) is 10.4 Å². The lowest BCUT2D eigenvalue weighted by atomic mass is 9.71. The van der Waals surface area contributed by atoms with Crippen LogP contribution in [0.15, 0.2) is 64.8 Å². The van der Waals surface area contributed by atoms with Gasteiger partial charge in [-0.15, -0.1) is 5.73 Å². The minimum absolute atomic E-state index is 0.0598. The van der Waals surface area contributed by atoms with Crippen LogP contribution in [0, 0.1) is 19.3 Å². The Morgan fingerprint density at radius 2 is 1.54 bits per heavy atom. The molecule has 0 aliphatic carbocycles. The Bertz CT molecular complexity index is 933. The van der Waals surface area contributed by atoms with Crippen molar-refractivity contribution in [3.05, 3.63) is 82.1 Å². The smallest absolute Gasteiger partial charge is 0.0653 e. The predicted octanol–water partition coefficient (Wildman–Crippen LogP) is 6.54. The van der Waals surface area contributed by atoms with E-state index in [0.717, 1.165) is 11.3 Å². The molecule has 134 valence electrons. The molecule has 1 heterocycles. The normalized spacial score (nSPS) is 17.7. The average Bonchev–Trinajstić information content (AvgIpc) is 2.71. The maximum absolute atomic E-state index is 4.94. The van der Waals surface area contributed by atoms with Gasteiger partial charge in [-0.2, -0.15) is 0 Å². The zero-order valence-corrected chi connectivity index (χ0v) is 17.1. The number of aryl methyl sites for hydroxylation is 2. The summed E-state index contributed by atoms with van der Waals surface area (Å²) in [5, 5.41) is 0. The minimum Gasteiger partial charge on any atom is -0.282 e. The van der Waals surface area contributed by atoms with Crippen molar-refractivity contribution < 1.29 is 0 Å². The summed E-state index contributed by atoms with van der Waals surface area (Å²) in [6, 6.07) is 17.2. The zero-order chi connectivity index (χ0) is 19.1. The summed E-state index contributed by atoms with van der Waals surface area (Å²) in [6.45, 7) is 15.4. The van der Waals surface area contributed by atoms with Gasteiger partial charge in [0.05, 0.1) is 5.54 Å².